The van der Waals surface area contributed by atoms with Crippen LogP contribution in [0.1, 0.15) is 167 Å². The van der Waals surface area contributed by atoms with E-state index in [4.69, 9.17) is 13.2 Å². The number of allylic oxidation sites excluding steroid dienone is 2. The lowest BCUT2D eigenvalue weighted by Crippen LogP contribution is -2.59. The third kappa shape index (κ3) is 5.12. The predicted molar refractivity (Wildman–Crippen MR) is 169 cm³/mol. The van der Waals surface area contributed by atoms with Crippen molar-refractivity contribution in [3.8, 4) is 0 Å². The first-order valence-corrected chi connectivity index (χ1v) is 18.5. The second-order valence-electron chi connectivity index (χ2n) is 16.4. The molecule has 0 aromatic rings. The van der Waals surface area contributed by atoms with E-state index in [1.54, 1.807) is 11.4 Å². The van der Waals surface area contributed by atoms with Crippen LogP contribution < -0.4 is 0 Å². The highest BCUT2D eigenvalue weighted by Crippen LogP contribution is 2.70. The Kier molecular flexibility index (Phi) is 8.11. The second kappa shape index (κ2) is 11.6. The molecule has 0 aromatic heterocycles. The lowest BCUT2D eigenvalue weighted by molar-refractivity contribution is -0.106. The molecular weight excluding hydrogens is 484 g/mol. The molecule has 8 saturated carbocycles. The maximum Gasteiger partial charge on any atom is 0.0290 e. The van der Waals surface area contributed by atoms with Crippen LogP contribution in [0.3, 0.4) is 0 Å². The molecule has 0 N–H and O–H groups in total. The van der Waals surface area contributed by atoms with Crippen molar-refractivity contribution in [2.75, 3.05) is 0 Å². The van der Waals surface area contributed by atoms with Gasteiger partial charge in [-0.25, -0.2) is 0 Å². The van der Waals surface area contributed by atoms with E-state index in [0.717, 1.165) is 36.0 Å². The van der Waals surface area contributed by atoms with Gasteiger partial charge in [-0.3, -0.25) is 0 Å². The molecule has 2 heteroatoms. The van der Waals surface area contributed by atoms with Crippen molar-refractivity contribution in [1.29, 1.82) is 0 Å². The minimum absolute atomic E-state index is 0.354. The standard InChI is InChI=1S/C38H62N2/c1-29(39(33-15-7-3-8-16-33)34-17-9-4-10-18-34)37-24-31-23-32(25-37)27-38(26-31,28-37)30(2)40(35-19-11-5-12-20-35)36-21-13-6-14-22-36/h31-36H,1-28H2. The summed E-state index contributed by atoms with van der Waals surface area (Å²) < 4.78 is 0. The van der Waals surface area contributed by atoms with Crippen molar-refractivity contribution in [3.05, 3.63) is 24.6 Å². The molecule has 0 unspecified atom stereocenters. The Labute approximate surface area is 247 Å². The van der Waals surface area contributed by atoms with Gasteiger partial charge in [0.25, 0.3) is 0 Å². The smallest absolute Gasteiger partial charge is 0.0290 e. The molecule has 8 fully saturated rings. The van der Waals surface area contributed by atoms with Crippen molar-refractivity contribution in [2.45, 2.75) is 191 Å². The quantitative estimate of drug-likeness (QED) is 0.299. The van der Waals surface area contributed by atoms with Crippen LogP contribution in [0.5, 0.6) is 0 Å². The molecule has 224 valence electrons. The highest BCUT2D eigenvalue weighted by Gasteiger charge is 2.61. The van der Waals surface area contributed by atoms with Crippen LogP contribution in [0.4, 0.5) is 0 Å². The van der Waals surface area contributed by atoms with Gasteiger partial charge < -0.3 is 9.80 Å². The molecule has 8 aliphatic rings. The van der Waals surface area contributed by atoms with Crippen LogP contribution in [0.2, 0.25) is 0 Å². The van der Waals surface area contributed by atoms with Gasteiger partial charge in [0.1, 0.15) is 0 Å². The van der Waals surface area contributed by atoms with Crippen molar-refractivity contribution in [1.82, 2.24) is 9.80 Å². The van der Waals surface area contributed by atoms with Gasteiger partial charge in [-0.15, -0.1) is 0 Å². The summed E-state index contributed by atoms with van der Waals surface area (Å²) in [6.07, 6.45) is 37.4. The zero-order chi connectivity index (χ0) is 27.2. The third-order valence-corrected chi connectivity index (χ3v) is 13.8. The summed E-state index contributed by atoms with van der Waals surface area (Å²) in [5.74, 6) is 1.82. The van der Waals surface area contributed by atoms with E-state index in [2.05, 4.69) is 9.80 Å². The summed E-state index contributed by atoms with van der Waals surface area (Å²) in [5, 5.41) is 0. The highest BCUT2D eigenvalue weighted by atomic mass is 15.2. The zero-order valence-electron chi connectivity index (χ0n) is 26.2. The first kappa shape index (κ1) is 27.9. The molecule has 0 amide bonds. The Bertz CT molecular complexity index is 774. The van der Waals surface area contributed by atoms with E-state index in [1.165, 1.54) is 167 Å². The topological polar surface area (TPSA) is 6.48 Å². The Balaban J connectivity index is 1.20. The number of rotatable bonds is 8. The summed E-state index contributed by atoms with van der Waals surface area (Å²) >= 11 is 0. The summed E-state index contributed by atoms with van der Waals surface area (Å²) in [7, 11) is 0. The fourth-order valence-electron chi connectivity index (χ4n) is 12.4. The monoisotopic (exact) mass is 546 g/mol. The molecular formula is C38H62N2. The van der Waals surface area contributed by atoms with Gasteiger partial charge in [-0.05, 0) is 102 Å². The van der Waals surface area contributed by atoms with Gasteiger partial charge >= 0.3 is 0 Å². The molecule has 0 heterocycles. The first-order chi connectivity index (χ1) is 19.6. The molecule has 0 saturated heterocycles. The maximum absolute atomic E-state index is 5.19. The molecule has 4 bridgehead atoms. The summed E-state index contributed by atoms with van der Waals surface area (Å²) in [6.45, 7) is 10.4. The van der Waals surface area contributed by atoms with Gasteiger partial charge in [0.2, 0.25) is 0 Å². The minimum atomic E-state index is 0.354. The number of hydrogen-bond donors (Lipinski definition) is 0. The molecule has 0 radical (unpaired) electrons. The molecule has 8 aliphatic carbocycles. The fraction of sp³-hybridized carbons (Fsp3) is 0.895. The molecule has 0 atom stereocenters. The van der Waals surface area contributed by atoms with Gasteiger partial charge in [-0.1, -0.05) is 90.2 Å². The van der Waals surface area contributed by atoms with Crippen LogP contribution >= 0.6 is 0 Å². The van der Waals surface area contributed by atoms with Crippen LogP contribution in [0.25, 0.3) is 0 Å². The lowest BCUT2D eigenvalue weighted by Gasteiger charge is -2.66. The SMILES string of the molecule is C=C(N(C1CCCCC1)C1CCCCC1)C12CC3CC(C1)CC(C(=C)N(C1CCCCC1)C1CCCCC1)(C3)C2. The van der Waals surface area contributed by atoms with E-state index in [9.17, 15) is 0 Å². The van der Waals surface area contributed by atoms with Crippen molar-refractivity contribution in [2.24, 2.45) is 22.7 Å². The van der Waals surface area contributed by atoms with E-state index in [0.29, 0.717) is 10.8 Å². The Morgan fingerprint density at radius 3 is 0.975 bits per heavy atom. The maximum atomic E-state index is 5.19. The lowest BCUT2D eigenvalue weighted by atomic mass is 9.42. The van der Waals surface area contributed by atoms with Crippen molar-refractivity contribution >= 4 is 0 Å². The van der Waals surface area contributed by atoms with Crippen LogP contribution in [-0.4, -0.2) is 34.0 Å². The summed E-state index contributed by atoms with van der Waals surface area (Å²) in [6, 6.07) is 3.10. The Morgan fingerprint density at radius 2 is 0.700 bits per heavy atom. The Morgan fingerprint density at radius 1 is 0.425 bits per heavy atom. The van der Waals surface area contributed by atoms with Crippen LogP contribution in [-0.2, 0) is 0 Å². The number of hydrogen-bond acceptors (Lipinski definition) is 2. The summed E-state index contributed by atoms with van der Waals surface area (Å²) in [5.41, 5.74) is 3.98. The van der Waals surface area contributed by atoms with E-state index < -0.39 is 0 Å². The molecule has 0 aliphatic heterocycles. The van der Waals surface area contributed by atoms with Crippen molar-refractivity contribution < 1.29 is 0 Å². The van der Waals surface area contributed by atoms with E-state index >= 15 is 0 Å². The fourth-order valence-corrected chi connectivity index (χ4v) is 12.4. The van der Waals surface area contributed by atoms with Gasteiger partial charge in [0, 0.05) is 46.4 Å². The molecule has 0 spiro atoms. The largest absolute Gasteiger partial charge is 0.369 e. The molecule has 2 nitrogen and oxygen atoms in total. The average molecular weight is 547 g/mol. The summed E-state index contributed by atoms with van der Waals surface area (Å²) in [4.78, 5) is 6.12. The van der Waals surface area contributed by atoms with Crippen LogP contribution in [0, 0.1) is 22.7 Å². The second-order valence-corrected chi connectivity index (χ2v) is 16.4. The van der Waals surface area contributed by atoms with Gasteiger partial charge in [-0.2, -0.15) is 0 Å². The molecule has 40 heavy (non-hydrogen) atoms. The third-order valence-electron chi connectivity index (χ3n) is 13.8. The predicted octanol–water partition coefficient (Wildman–Crippen LogP) is 10.5. The average Bonchev–Trinajstić information content (AvgIpc) is 2.99. The minimum Gasteiger partial charge on any atom is -0.369 e. The Hall–Kier alpha value is -0.920. The van der Waals surface area contributed by atoms with E-state index in [-0.39, 0.29) is 0 Å². The highest BCUT2D eigenvalue weighted by molar-refractivity contribution is 5.28. The molecule has 8 rings (SSSR count). The molecule has 0 aromatic carbocycles. The van der Waals surface area contributed by atoms with Gasteiger partial charge in [0.05, 0.1) is 0 Å². The van der Waals surface area contributed by atoms with Crippen LogP contribution in [0.15, 0.2) is 24.6 Å². The van der Waals surface area contributed by atoms with E-state index in [1.807, 2.05) is 0 Å². The first-order valence-electron chi connectivity index (χ1n) is 18.5. The van der Waals surface area contributed by atoms with Gasteiger partial charge in [0.15, 0.2) is 0 Å². The zero-order valence-corrected chi connectivity index (χ0v) is 26.2. The van der Waals surface area contributed by atoms with Crippen molar-refractivity contribution in [3.63, 3.8) is 0 Å². The number of nitrogens with zero attached hydrogens (tertiary/aromatic N) is 2. The normalized spacial score (nSPS) is 37.9.